The van der Waals surface area contributed by atoms with Crippen molar-refractivity contribution in [3.05, 3.63) is 68.6 Å². The highest BCUT2D eigenvalue weighted by Crippen LogP contribution is 2.33. The number of carbonyl (C=O) groups excluding carboxylic acids is 2. The summed E-state index contributed by atoms with van der Waals surface area (Å²) in [4.78, 5) is 37.8. The maximum absolute atomic E-state index is 12.9. The van der Waals surface area contributed by atoms with Crippen LogP contribution in [0.3, 0.4) is 0 Å². The molecular weight excluding hydrogens is 354 g/mol. The summed E-state index contributed by atoms with van der Waals surface area (Å²) in [5, 5.41) is 5.87. The first kappa shape index (κ1) is 18.6. The van der Waals surface area contributed by atoms with Gasteiger partial charge in [-0.15, -0.1) is 0 Å². The number of hydrogen-bond acceptors (Lipinski definition) is 4. The van der Waals surface area contributed by atoms with Crippen LogP contribution in [0.5, 0.6) is 0 Å². The molecule has 1 aromatic carbocycles. The third-order valence-corrected chi connectivity index (χ3v) is 5.63. The summed E-state index contributed by atoms with van der Waals surface area (Å²) in [6.07, 6.45) is 5.18. The zero-order valence-corrected chi connectivity index (χ0v) is 16.1. The van der Waals surface area contributed by atoms with Crippen LogP contribution in [0.25, 0.3) is 0 Å². The van der Waals surface area contributed by atoms with Gasteiger partial charge in [-0.3, -0.25) is 14.4 Å². The van der Waals surface area contributed by atoms with E-state index >= 15 is 0 Å². The number of amides is 1. The van der Waals surface area contributed by atoms with Crippen molar-refractivity contribution in [2.75, 3.05) is 13.6 Å². The standard InChI is InChI=1S/C22H25N3O3/c1-23-21(27)19-10-17(20(26)9-14-5-6-14)13-25(22(19)28)12-16-4-2-3-15-11-24-8-7-18(15)16/h2-4,10,13-14,24H,5-9,11-12H2,1H3,(H,23,27). The fourth-order valence-corrected chi connectivity index (χ4v) is 3.85. The second-order valence-corrected chi connectivity index (χ2v) is 7.71. The minimum atomic E-state index is -0.459. The smallest absolute Gasteiger partial charge is 0.263 e. The molecule has 0 radical (unpaired) electrons. The lowest BCUT2D eigenvalue weighted by Crippen LogP contribution is -2.33. The van der Waals surface area contributed by atoms with Gasteiger partial charge in [-0.2, -0.15) is 0 Å². The van der Waals surface area contributed by atoms with Crippen molar-refractivity contribution in [1.82, 2.24) is 15.2 Å². The number of nitrogens with zero attached hydrogens (tertiary/aromatic N) is 1. The van der Waals surface area contributed by atoms with Gasteiger partial charge < -0.3 is 15.2 Å². The second-order valence-electron chi connectivity index (χ2n) is 7.71. The van der Waals surface area contributed by atoms with E-state index in [4.69, 9.17) is 0 Å². The van der Waals surface area contributed by atoms with Crippen LogP contribution in [0.2, 0.25) is 0 Å². The molecule has 6 nitrogen and oxygen atoms in total. The number of fused-ring (bicyclic) bond motifs is 1. The highest BCUT2D eigenvalue weighted by atomic mass is 16.2. The molecular formula is C22H25N3O3. The largest absolute Gasteiger partial charge is 0.355 e. The van der Waals surface area contributed by atoms with Crippen LogP contribution in [-0.4, -0.2) is 29.8 Å². The summed E-state index contributed by atoms with van der Waals surface area (Å²) >= 11 is 0. The molecule has 0 spiro atoms. The lowest BCUT2D eigenvalue weighted by molar-refractivity contribution is 0.0961. The van der Waals surface area contributed by atoms with Crippen LogP contribution < -0.4 is 16.2 Å². The zero-order valence-electron chi connectivity index (χ0n) is 16.1. The molecule has 6 heteroatoms. The molecule has 28 heavy (non-hydrogen) atoms. The highest BCUT2D eigenvalue weighted by Gasteiger charge is 2.26. The predicted octanol–water partition coefficient (Wildman–Crippen LogP) is 1.88. The second kappa shape index (κ2) is 7.72. The molecule has 0 saturated heterocycles. The van der Waals surface area contributed by atoms with Crippen LogP contribution in [-0.2, 0) is 19.5 Å². The van der Waals surface area contributed by atoms with E-state index in [0.717, 1.165) is 37.9 Å². The van der Waals surface area contributed by atoms with Crippen molar-refractivity contribution in [3.8, 4) is 0 Å². The Bertz CT molecular complexity index is 989. The number of pyridine rings is 1. The maximum atomic E-state index is 12.9. The van der Waals surface area contributed by atoms with E-state index in [2.05, 4.69) is 16.7 Å². The third-order valence-electron chi connectivity index (χ3n) is 5.63. The van der Waals surface area contributed by atoms with Crippen LogP contribution in [0.15, 0.2) is 35.3 Å². The molecule has 2 aliphatic rings. The normalized spacial score (nSPS) is 15.8. The van der Waals surface area contributed by atoms with Gasteiger partial charge in [0.15, 0.2) is 5.78 Å². The fraction of sp³-hybridized carbons (Fsp3) is 0.409. The summed E-state index contributed by atoms with van der Waals surface area (Å²) in [5.74, 6) is -0.00946. The number of hydrogen-bond donors (Lipinski definition) is 2. The molecule has 1 aliphatic carbocycles. The van der Waals surface area contributed by atoms with Gasteiger partial charge in [0.1, 0.15) is 5.56 Å². The van der Waals surface area contributed by atoms with E-state index in [1.165, 1.54) is 28.8 Å². The Labute approximate surface area is 164 Å². The zero-order chi connectivity index (χ0) is 19.7. The molecule has 146 valence electrons. The average Bonchev–Trinajstić information content (AvgIpc) is 3.53. The average molecular weight is 379 g/mol. The number of ketones is 1. The minimum Gasteiger partial charge on any atom is -0.355 e. The Morgan fingerprint density at radius 3 is 2.86 bits per heavy atom. The van der Waals surface area contributed by atoms with Gasteiger partial charge in [0, 0.05) is 31.8 Å². The van der Waals surface area contributed by atoms with Crippen molar-refractivity contribution in [2.24, 2.45) is 5.92 Å². The number of Topliss-reactive ketones (excluding diaryl/α,β-unsaturated/α-hetero) is 1. The van der Waals surface area contributed by atoms with Gasteiger partial charge in [-0.25, -0.2) is 0 Å². The monoisotopic (exact) mass is 379 g/mol. The molecule has 0 atom stereocenters. The molecule has 1 fully saturated rings. The summed E-state index contributed by atoms with van der Waals surface area (Å²) in [5.41, 5.74) is 3.66. The van der Waals surface area contributed by atoms with Crippen molar-refractivity contribution in [1.29, 1.82) is 0 Å². The number of nitrogens with one attached hydrogen (secondary N) is 2. The molecule has 1 amide bonds. The lowest BCUT2D eigenvalue weighted by atomic mass is 9.95. The predicted molar refractivity (Wildman–Crippen MR) is 107 cm³/mol. The van der Waals surface area contributed by atoms with E-state index in [0.29, 0.717) is 24.4 Å². The Hall–Kier alpha value is -2.73. The van der Waals surface area contributed by atoms with Gasteiger partial charge in [0.25, 0.3) is 11.5 Å². The van der Waals surface area contributed by atoms with Crippen molar-refractivity contribution >= 4 is 11.7 Å². The van der Waals surface area contributed by atoms with E-state index < -0.39 is 5.91 Å². The molecule has 1 saturated carbocycles. The first-order valence-corrected chi connectivity index (χ1v) is 9.87. The quantitative estimate of drug-likeness (QED) is 0.751. The van der Waals surface area contributed by atoms with E-state index in [9.17, 15) is 14.4 Å². The number of rotatable bonds is 6. The molecule has 2 heterocycles. The minimum absolute atomic E-state index is 0.000642. The summed E-state index contributed by atoms with van der Waals surface area (Å²) in [7, 11) is 1.49. The molecule has 1 aromatic heterocycles. The third kappa shape index (κ3) is 3.78. The Morgan fingerprint density at radius 2 is 2.11 bits per heavy atom. The van der Waals surface area contributed by atoms with Crippen LogP contribution >= 0.6 is 0 Å². The summed E-state index contributed by atoms with van der Waals surface area (Å²) in [6, 6.07) is 7.56. The SMILES string of the molecule is CNC(=O)c1cc(C(=O)CC2CC2)cn(Cc2cccc3c2CCNC3)c1=O. The van der Waals surface area contributed by atoms with Gasteiger partial charge in [-0.1, -0.05) is 18.2 Å². The van der Waals surface area contributed by atoms with E-state index in [1.54, 1.807) is 6.20 Å². The topological polar surface area (TPSA) is 80.2 Å². The van der Waals surface area contributed by atoms with Crippen molar-refractivity contribution < 1.29 is 9.59 Å². The molecule has 0 unspecified atom stereocenters. The molecule has 2 N–H and O–H groups in total. The molecule has 1 aliphatic heterocycles. The van der Waals surface area contributed by atoms with E-state index in [1.807, 2.05) is 12.1 Å². The Kier molecular flexibility index (Phi) is 5.13. The number of carbonyl (C=O) groups is 2. The van der Waals surface area contributed by atoms with Crippen LogP contribution in [0.4, 0.5) is 0 Å². The van der Waals surface area contributed by atoms with E-state index in [-0.39, 0.29) is 16.9 Å². The number of aromatic nitrogens is 1. The Morgan fingerprint density at radius 1 is 1.29 bits per heavy atom. The summed E-state index contributed by atoms with van der Waals surface area (Å²) < 4.78 is 1.52. The van der Waals surface area contributed by atoms with Gasteiger partial charge in [0.05, 0.1) is 6.54 Å². The number of benzene rings is 1. The first-order chi connectivity index (χ1) is 13.6. The molecule has 0 bridgehead atoms. The summed E-state index contributed by atoms with van der Waals surface area (Å²) in [6.45, 7) is 2.08. The van der Waals surface area contributed by atoms with Crippen LogP contribution in [0, 0.1) is 5.92 Å². The lowest BCUT2D eigenvalue weighted by Gasteiger charge is -2.21. The van der Waals surface area contributed by atoms with Crippen molar-refractivity contribution in [3.63, 3.8) is 0 Å². The molecule has 4 rings (SSSR count). The highest BCUT2D eigenvalue weighted by molar-refractivity contribution is 6.00. The molecule has 2 aromatic rings. The fourth-order valence-electron chi connectivity index (χ4n) is 3.85. The van der Waals surface area contributed by atoms with Gasteiger partial charge >= 0.3 is 0 Å². The van der Waals surface area contributed by atoms with Gasteiger partial charge in [0.2, 0.25) is 0 Å². The van der Waals surface area contributed by atoms with Gasteiger partial charge in [-0.05, 0) is 54.5 Å². The maximum Gasteiger partial charge on any atom is 0.263 e. The van der Waals surface area contributed by atoms with Crippen molar-refractivity contribution in [2.45, 2.75) is 38.8 Å². The van der Waals surface area contributed by atoms with Crippen LogP contribution in [0.1, 0.15) is 56.7 Å². The Balaban J connectivity index is 1.74. The first-order valence-electron chi connectivity index (χ1n) is 9.87.